The molecule has 9 nitrogen and oxygen atoms in total. The minimum Gasteiger partial charge on any atom is -0.457 e. The molecule has 1 aliphatic rings. The minimum absolute atomic E-state index is 0.0825. The number of carbonyl (C=O) groups is 2. The number of hydrogen-bond donors (Lipinski definition) is 2. The van der Waals surface area contributed by atoms with E-state index in [4.69, 9.17) is 15.2 Å². The molecule has 2 heterocycles. The first-order valence-electron chi connectivity index (χ1n) is 11.4. The van der Waals surface area contributed by atoms with Gasteiger partial charge in [-0.2, -0.15) is 0 Å². The summed E-state index contributed by atoms with van der Waals surface area (Å²) in [5.74, 6) is 1.42. The Morgan fingerprint density at radius 3 is 2.40 bits per heavy atom. The summed E-state index contributed by atoms with van der Waals surface area (Å²) in [5.41, 5.74) is 6.15. The van der Waals surface area contributed by atoms with Gasteiger partial charge in [-0.25, -0.2) is 14.8 Å². The summed E-state index contributed by atoms with van der Waals surface area (Å²) in [6.07, 6.45) is 1.63. The molecule has 1 fully saturated rings. The molecule has 35 heavy (non-hydrogen) atoms. The second kappa shape index (κ2) is 10.0. The molecule has 0 aliphatic carbocycles. The molecule has 0 unspecified atom stereocenters. The van der Waals surface area contributed by atoms with Crippen molar-refractivity contribution >= 4 is 23.5 Å². The number of nitrogen functional groups attached to an aromatic ring is 1. The maximum Gasteiger partial charge on any atom is 0.410 e. The zero-order chi connectivity index (χ0) is 25.0. The van der Waals surface area contributed by atoms with Crippen molar-refractivity contribution in [1.29, 1.82) is 0 Å². The van der Waals surface area contributed by atoms with E-state index in [1.165, 1.54) is 6.33 Å². The van der Waals surface area contributed by atoms with Gasteiger partial charge in [-0.05, 0) is 63.6 Å². The molecule has 1 amide bonds. The Kier molecular flexibility index (Phi) is 6.86. The van der Waals surface area contributed by atoms with E-state index in [2.05, 4.69) is 15.3 Å². The number of nitrogens with one attached hydrogen (secondary N) is 1. The number of rotatable bonds is 6. The topological polar surface area (TPSA) is 120 Å². The van der Waals surface area contributed by atoms with Gasteiger partial charge in [-0.1, -0.05) is 18.2 Å². The zero-order valence-electron chi connectivity index (χ0n) is 20.0. The van der Waals surface area contributed by atoms with E-state index in [9.17, 15) is 9.59 Å². The number of aromatic nitrogens is 2. The van der Waals surface area contributed by atoms with E-state index < -0.39 is 5.60 Å². The van der Waals surface area contributed by atoms with Crippen LogP contribution in [0.25, 0.3) is 0 Å². The van der Waals surface area contributed by atoms with Crippen molar-refractivity contribution in [2.75, 3.05) is 24.1 Å². The maximum atomic E-state index is 13.3. The standard InChI is InChI=1S/C26H29N5O4/c1-26(2,3)35-25(33)31-14-13-18(15-31)30-24-21(23(27)28-16-29-24)22(32)17-9-11-20(12-10-17)34-19-7-5-4-6-8-19/h4-12,16,18H,13-15H2,1-3H3,(H3,27,28,29,30)/t18-/m1/s1. The predicted octanol–water partition coefficient (Wildman–Crippen LogP) is 4.50. The molecule has 0 radical (unpaired) electrons. The lowest BCUT2D eigenvalue weighted by Gasteiger charge is -2.24. The number of nitrogens with two attached hydrogens (primary N) is 1. The van der Waals surface area contributed by atoms with Crippen LogP contribution in [0, 0.1) is 0 Å². The lowest BCUT2D eigenvalue weighted by Crippen LogP contribution is -2.36. The van der Waals surface area contributed by atoms with Crippen LogP contribution in [-0.4, -0.2) is 51.5 Å². The zero-order valence-corrected chi connectivity index (χ0v) is 20.0. The average molecular weight is 476 g/mol. The number of ketones is 1. The van der Waals surface area contributed by atoms with Gasteiger partial charge in [0.05, 0.1) is 0 Å². The molecule has 9 heteroatoms. The summed E-state index contributed by atoms with van der Waals surface area (Å²) >= 11 is 0. The van der Waals surface area contributed by atoms with E-state index in [-0.39, 0.29) is 29.3 Å². The van der Waals surface area contributed by atoms with Gasteiger partial charge < -0.3 is 25.4 Å². The van der Waals surface area contributed by atoms with Crippen LogP contribution >= 0.6 is 0 Å². The lowest BCUT2D eigenvalue weighted by molar-refractivity contribution is 0.0293. The third kappa shape index (κ3) is 6.06. The van der Waals surface area contributed by atoms with E-state index in [0.717, 1.165) is 0 Å². The van der Waals surface area contributed by atoms with Crippen molar-refractivity contribution in [2.45, 2.75) is 38.8 Å². The fraction of sp³-hybridized carbons (Fsp3) is 0.308. The van der Waals surface area contributed by atoms with Crippen LogP contribution in [0.15, 0.2) is 60.9 Å². The van der Waals surface area contributed by atoms with Gasteiger partial charge in [-0.3, -0.25) is 4.79 Å². The monoisotopic (exact) mass is 475 g/mol. The number of anilines is 2. The first-order chi connectivity index (χ1) is 16.7. The molecule has 1 aliphatic heterocycles. The van der Waals surface area contributed by atoms with Crippen LogP contribution in [0.3, 0.4) is 0 Å². The molecular formula is C26H29N5O4. The van der Waals surface area contributed by atoms with Gasteiger partial charge in [0, 0.05) is 24.7 Å². The number of carbonyl (C=O) groups excluding carboxylic acids is 2. The summed E-state index contributed by atoms with van der Waals surface area (Å²) in [6, 6.07) is 16.1. The largest absolute Gasteiger partial charge is 0.457 e. The van der Waals surface area contributed by atoms with E-state index in [0.29, 0.717) is 42.4 Å². The molecule has 1 aromatic heterocycles. The molecule has 1 atom stereocenters. The fourth-order valence-corrected chi connectivity index (χ4v) is 3.74. The minimum atomic E-state index is -0.565. The Morgan fingerprint density at radius 1 is 1.03 bits per heavy atom. The van der Waals surface area contributed by atoms with Crippen molar-refractivity contribution in [3.63, 3.8) is 0 Å². The third-order valence-electron chi connectivity index (χ3n) is 5.38. The summed E-state index contributed by atoms with van der Waals surface area (Å²) < 4.78 is 11.3. The Bertz CT molecular complexity index is 1190. The Hall–Kier alpha value is -4.14. The summed E-state index contributed by atoms with van der Waals surface area (Å²) in [4.78, 5) is 35.6. The second-order valence-corrected chi connectivity index (χ2v) is 9.31. The Balaban J connectivity index is 1.46. The Morgan fingerprint density at radius 2 is 1.71 bits per heavy atom. The number of nitrogens with zero attached hydrogens (tertiary/aromatic N) is 3. The van der Waals surface area contributed by atoms with E-state index >= 15 is 0 Å². The van der Waals surface area contributed by atoms with Crippen LogP contribution in [0.5, 0.6) is 11.5 Å². The SMILES string of the molecule is CC(C)(C)OC(=O)N1CC[C@@H](Nc2ncnc(N)c2C(=O)c2ccc(Oc3ccccc3)cc2)C1. The van der Waals surface area contributed by atoms with Gasteiger partial charge in [0.15, 0.2) is 5.78 Å². The van der Waals surface area contributed by atoms with Gasteiger partial charge in [0.1, 0.15) is 40.6 Å². The van der Waals surface area contributed by atoms with Crippen LogP contribution in [0.4, 0.5) is 16.4 Å². The number of ether oxygens (including phenoxy) is 2. The van der Waals surface area contributed by atoms with Crippen molar-refractivity contribution < 1.29 is 19.1 Å². The lowest BCUT2D eigenvalue weighted by atomic mass is 10.0. The number of amides is 1. The summed E-state index contributed by atoms with van der Waals surface area (Å²) in [6.45, 7) is 6.47. The first kappa shape index (κ1) is 24.0. The molecule has 182 valence electrons. The predicted molar refractivity (Wildman–Crippen MR) is 133 cm³/mol. The van der Waals surface area contributed by atoms with Gasteiger partial charge in [0.25, 0.3) is 0 Å². The highest BCUT2D eigenvalue weighted by atomic mass is 16.6. The molecule has 0 saturated carbocycles. The number of likely N-dealkylation sites (tertiary alicyclic amines) is 1. The summed E-state index contributed by atoms with van der Waals surface area (Å²) in [7, 11) is 0. The molecule has 3 aromatic rings. The van der Waals surface area contributed by atoms with Crippen molar-refractivity contribution in [1.82, 2.24) is 14.9 Å². The number of benzene rings is 2. The smallest absolute Gasteiger partial charge is 0.410 e. The summed E-state index contributed by atoms with van der Waals surface area (Å²) in [5, 5.41) is 3.27. The van der Waals surface area contributed by atoms with Crippen LogP contribution in [0.1, 0.15) is 43.1 Å². The van der Waals surface area contributed by atoms with Crippen LogP contribution < -0.4 is 15.8 Å². The van der Waals surface area contributed by atoms with Crippen molar-refractivity contribution in [2.24, 2.45) is 0 Å². The molecule has 2 aromatic carbocycles. The van der Waals surface area contributed by atoms with E-state index in [1.54, 1.807) is 29.2 Å². The highest BCUT2D eigenvalue weighted by molar-refractivity contribution is 6.14. The van der Waals surface area contributed by atoms with Crippen LogP contribution in [0.2, 0.25) is 0 Å². The van der Waals surface area contributed by atoms with Crippen molar-refractivity contribution in [3.05, 3.63) is 72.1 Å². The third-order valence-corrected chi connectivity index (χ3v) is 5.38. The molecule has 4 rings (SSSR count). The number of para-hydroxylation sites is 1. The normalized spacial score (nSPS) is 15.5. The second-order valence-electron chi connectivity index (χ2n) is 9.31. The molecule has 1 saturated heterocycles. The van der Waals surface area contributed by atoms with Crippen molar-refractivity contribution in [3.8, 4) is 11.5 Å². The first-order valence-corrected chi connectivity index (χ1v) is 11.4. The van der Waals surface area contributed by atoms with E-state index in [1.807, 2.05) is 51.1 Å². The van der Waals surface area contributed by atoms with Gasteiger partial charge in [0.2, 0.25) is 0 Å². The molecule has 3 N–H and O–H groups in total. The van der Waals surface area contributed by atoms with Gasteiger partial charge >= 0.3 is 6.09 Å². The highest BCUT2D eigenvalue weighted by Crippen LogP contribution is 2.27. The number of hydrogen-bond acceptors (Lipinski definition) is 8. The molecule has 0 bridgehead atoms. The molecular weight excluding hydrogens is 446 g/mol. The fourth-order valence-electron chi connectivity index (χ4n) is 3.74. The molecule has 0 spiro atoms. The van der Waals surface area contributed by atoms with Gasteiger partial charge in [-0.15, -0.1) is 0 Å². The Labute approximate surface area is 204 Å². The maximum absolute atomic E-state index is 13.3. The highest BCUT2D eigenvalue weighted by Gasteiger charge is 2.31. The average Bonchev–Trinajstić information content (AvgIpc) is 3.28. The quantitative estimate of drug-likeness (QED) is 0.500. The van der Waals surface area contributed by atoms with Crippen LogP contribution in [-0.2, 0) is 4.74 Å².